The van der Waals surface area contributed by atoms with Crippen molar-refractivity contribution in [2.75, 3.05) is 5.73 Å². The Hall–Kier alpha value is -2.19. The molecule has 1 aromatic carbocycles. The fourth-order valence-electron chi connectivity index (χ4n) is 2.06. The Labute approximate surface area is 110 Å². The number of hydrogen-bond acceptors (Lipinski definition) is 4. The van der Waals surface area contributed by atoms with Gasteiger partial charge in [-0.25, -0.2) is 9.07 Å². The van der Waals surface area contributed by atoms with Gasteiger partial charge in [0.15, 0.2) is 11.4 Å². The van der Waals surface area contributed by atoms with Crippen molar-refractivity contribution in [3.05, 3.63) is 24.0 Å². The lowest BCUT2D eigenvalue weighted by Gasteiger charge is -2.20. The molecular weight excluding hydrogens is 278 g/mol. The zero-order chi connectivity index (χ0) is 14.5. The molecule has 0 radical (unpaired) electrons. The van der Waals surface area contributed by atoms with Crippen molar-refractivity contribution in [1.82, 2.24) is 20.2 Å². The fraction of sp³-hybridized carbons (Fsp3) is 0.364. The normalized spacial score (nSPS) is 17.2. The van der Waals surface area contributed by atoms with Crippen molar-refractivity contribution in [2.45, 2.75) is 24.6 Å². The van der Waals surface area contributed by atoms with E-state index in [1.54, 1.807) is 0 Å². The highest BCUT2D eigenvalue weighted by Crippen LogP contribution is 2.55. The molecule has 0 bridgehead atoms. The molecule has 9 heteroatoms. The summed E-state index contributed by atoms with van der Waals surface area (Å²) in [6.07, 6.45) is -4.64. The van der Waals surface area contributed by atoms with Gasteiger partial charge in [0.05, 0.1) is 5.69 Å². The molecule has 3 rings (SSSR count). The van der Waals surface area contributed by atoms with Gasteiger partial charge in [0, 0.05) is 5.56 Å². The summed E-state index contributed by atoms with van der Waals surface area (Å²) in [6, 6.07) is 3.66. The summed E-state index contributed by atoms with van der Waals surface area (Å²) in [7, 11) is 0. The predicted octanol–water partition coefficient (Wildman–Crippen LogP) is 2.11. The smallest absolute Gasteiger partial charge is 0.396 e. The van der Waals surface area contributed by atoms with Gasteiger partial charge in [0.2, 0.25) is 0 Å². The Bertz CT molecular complexity index is 659. The van der Waals surface area contributed by atoms with Crippen LogP contribution in [0.2, 0.25) is 0 Å². The van der Waals surface area contributed by atoms with Gasteiger partial charge in [0.25, 0.3) is 0 Å². The van der Waals surface area contributed by atoms with E-state index in [4.69, 9.17) is 5.73 Å². The molecule has 0 saturated heterocycles. The SMILES string of the molecule is Nc1ccc(-c2nnnn2C2(C(F)(F)F)CC2)cc1F. The zero-order valence-electron chi connectivity index (χ0n) is 10.0. The van der Waals surface area contributed by atoms with Crippen molar-refractivity contribution in [3.63, 3.8) is 0 Å². The number of benzene rings is 1. The van der Waals surface area contributed by atoms with Crippen molar-refractivity contribution in [3.8, 4) is 11.4 Å². The Balaban J connectivity index is 2.09. The molecule has 1 heterocycles. The highest BCUT2D eigenvalue weighted by molar-refractivity contribution is 5.59. The Morgan fingerprint density at radius 3 is 2.50 bits per heavy atom. The van der Waals surface area contributed by atoms with Gasteiger partial charge in [-0.2, -0.15) is 13.2 Å². The first-order valence-electron chi connectivity index (χ1n) is 5.76. The van der Waals surface area contributed by atoms with Crippen LogP contribution in [0.1, 0.15) is 12.8 Å². The monoisotopic (exact) mass is 287 g/mol. The van der Waals surface area contributed by atoms with Gasteiger partial charge in [-0.05, 0) is 41.5 Å². The molecule has 1 saturated carbocycles. The number of tetrazole rings is 1. The van der Waals surface area contributed by atoms with Crippen LogP contribution in [0.4, 0.5) is 23.2 Å². The van der Waals surface area contributed by atoms with Crippen molar-refractivity contribution < 1.29 is 17.6 Å². The number of nitrogen functional groups attached to an aromatic ring is 1. The third-order valence-electron chi connectivity index (χ3n) is 3.38. The molecule has 2 aromatic rings. The third kappa shape index (κ3) is 1.73. The lowest BCUT2D eigenvalue weighted by Crippen LogP contribution is -2.36. The van der Waals surface area contributed by atoms with E-state index in [2.05, 4.69) is 15.5 Å². The number of nitrogens with zero attached hydrogens (tertiary/aromatic N) is 4. The minimum absolute atomic E-state index is 0.0913. The molecule has 0 atom stereocenters. The van der Waals surface area contributed by atoms with Crippen LogP contribution >= 0.6 is 0 Å². The summed E-state index contributed by atoms with van der Waals surface area (Å²) in [5.74, 6) is -0.854. The molecule has 1 aliphatic rings. The van der Waals surface area contributed by atoms with Gasteiger partial charge in [-0.1, -0.05) is 0 Å². The van der Waals surface area contributed by atoms with Gasteiger partial charge in [-0.3, -0.25) is 0 Å². The standard InChI is InChI=1S/C11H9F4N5/c12-7-5-6(1-2-8(7)16)9-17-18-19-20(9)10(3-4-10)11(13,14)15/h1-2,5H,3-4,16H2. The summed E-state index contributed by atoms with van der Waals surface area (Å²) in [5, 5.41) is 10.3. The van der Waals surface area contributed by atoms with Gasteiger partial charge in [-0.15, -0.1) is 5.10 Å². The number of anilines is 1. The number of halogens is 4. The largest absolute Gasteiger partial charge is 0.413 e. The average Bonchev–Trinajstić information content (AvgIpc) is 3.05. The van der Waals surface area contributed by atoms with Crippen LogP contribution in [-0.4, -0.2) is 26.4 Å². The molecule has 0 amide bonds. The van der Waals surface area contributed by atoms with Crippen LogP contribution in [0.3, 0.4) is 0 Å². The molecule has 106 valence electrons. The Kier molecular flexibility index (Phi) is 2.50. The second-order valence-electron chi connectivity index (χ2n) is 4.68. The van der Waals surface area contributed by atoms with Gasteiger partial charge >= 0.3 is 6.18 Å². The van der Waals surface area contributed by atoms with Crippen molar-refractivity contribution in [2.24, 2.45) is 0 Å². The fourth-order valence-corrected chi connectivity index (χ4v) is 2.06. The summed E-state index contributed by atoms with van der Waals surface area (Å²) in [4.78, 5) is 0. The molecule has 1 aliphatic carbocycles. The van der Waals surface area contributed by atoms with Gasteiger partial charge < -0.3 is 5.73 Å². The van der Waals surface area contributed by atoms with Crippen molar-refractivity contribution in [1.29, 1.82) is 0 Å². The van der Waals surface area contributed by atoms with Crippen LogP contribution in [0, 0.1) is 5.82 Å². The number of rotatable bonds is 2. The van der Waals surface area contributed by atoms with Crippen LogP contribution in [0.25, 0.3) is 11.4 Å². The average molecular weight is 287 g/mol. The lowest BCUT2D eigenvalue weighted by atomic mass is 10.1. The number of aromatic nitrogens is 4. The number of alkyl halides is 3. The summed E-state index contributed by atoms with van der Waals surface area (Å²) >= 11 is 0. The number of hydrogen-bond donors (Lipinski definition) is 1. The minimum atomic E-state index is -4.45. The first kappa shape index (κ1) is 12.8. The molecule has 0 unspecified atom stereocenters. The maximum absolute atomic E-state index is 13.4. The van der Waals surface area contributed by atoms with E-state index >= 15 is 0 Å². The second-order valence-corrected chi connectivity index (χ2v) is 4.68. The van der Waals surface area contributed by atoms with Crippen molar-refractivity contribution >= 4 is 5.69 Å². The first-order chi connectivity index (χ1) is 9.35. The first-order valence-corrected chi connectivity index (χ1v) is 5.76. The maximum Gasteiger partial charge on any atom is 0.413 e. The van der Waals surface area contributed by atoms with E-state index in [0.717, 1.165) is 10.7 Å². The van der Waals surface area contributed by atoms with E-state index in [-0.39, 0.29) is 29.9 Å². The molecule has 5 nitrogen and oxygen atoms in total. The summed E-state index contributed by atoms with van der Waals surface area (Å²) < 4.78 is 53.4. The highest BCUT2D eigenvalue weighted by Gasteiger charge is 2.66. The maximum atomic E-state index is 13.4. The third-order valence-corrected chi connectivity index (χ3v) is 3.38. The molecule has 0 spiro atoms. The predicted molar refractivity (Wildman–Crippen MR) is 60.9 cm³/mol. The molecule has 1 fully saturated rings. The van der Waals surface area contributed by atoms with Crippen LogP contribution in [0.15, 0.2) is 18.2 Å². The molecule has 0 aliphatic heterocycles. The number of nitrogens with two attached hydrogens (primary N) is 1. The van der Waals surface area contributed by atoms with Crippen LogP contribution in [-0.2, 0) is 5.54 Å². The van der Waals surface area contributed by atoms with E-state index in [0.29, 0.717) is 0 Å². The molecule has 1 aromatic heterocycles. The zero-order valence-corrected chi connectivity index (χ0v) is 10.0. The van der Waals surface area contributed by atoms with E-state index in [1.165, 1.54) is 12.1 Å². The van der Waals surface area contributed by atoms with Gasteiger partial charge in [0.1, 0.15) is 5.82 Å². The quantitative estimate of drug-likeness (QED) is 0.678. The topological polar surface area (TPSA) is 69.6 Å². The van der Waals surface area contributed by atoms with E-state index < -0.39 is 17.5 Å². The molecular formula is C11H9F4N5. The van der Waals surface area contributed by atoms with Crippen LogP contribution in [0.5, 0.6) is 0 Å². The Morgan fingerprint density at radius 1 is 1.25 bits per heavy atom. The summed E-state index contributed by atoms with van der Waals surface area (Å²) in [6.45, 7) is 0. The Morgan fingerprint density at radius 2 is 1.95 bits per heavy atom. The van der Waals surface area contributed by atoms with E-state index in [9.17, 15) is 17.6 Å². The lowest BCUT2D eigenvalue weighted by molar-refractivity contribution is -0.182. The second kappa shape index (κ2) is 3.90. The molecule has 2 N–H and O–H groups in total. The van der Waals surface area contributed by atoms with E-state index in [1.807, 2.05) is 0 Å². The highest BCUT2D eigenvalue weighted by atomic mass is 19.4. The minimum Gasteiger partial charge on any atom is -0.396 e. The molecule has 20 heavy (non-hydrogen) atoms. The van der Waals surface area contributed by atoms with Crippen LogP contribution < -0.4 is 5.73 Å². The summed E-state index contributed by atoms with van der Waals surface area (Å²) in [5.41, 5.74) is 3.31.